The zero-order valence-electron chi connectivity index (χ0n) is 17.2. The molecule has 4 aromatic rings. The van der Waals surface area contributed by atoms with E-state index < -0.39 is 22.4 Å². The summed E-state index contributed by atoms with van der Waals surface area (Å²) in [5.41, 5.74) is 1.65. The quantitative estimate of drug-likeness (QED) is 0.437. The van der Waals surface area contributed by atoms with E-state index in [0.717, 1.165) is 0 Å². The molecular formula is C24H23NO5S. The molecule has 6 nitrogen and oxygen atoms in total. The third-order valence-electron chi connectivity index (χ3n) is 5.23. The molecule has 0 aliphatic carbocycles. The van der Waals surface area contributed by atoms with Crippen LogP contribution in [0.5, 0.6) is 0 Å². The van der Waals surface area contributed by atoms with Crippen LogP contribution in [0.15, 0.2) is 89.8 Å². The third kappa shape index (κ3) is 3.66. The molecule has 1 heterocycles. The SMILES string of the molecule is COC(OC)c1c(C(O)c2ccccc2)n(S(=O)(=O)c2ccccc2)c2ccccc12. The molecule has 0 saturated carbocycles. The van der Waals surface area contributed by atoms with E-state index in [-0.39, 0.29) is 10.6 Å². The lowest BCUT2D eigenvalue weighted by Gasteiger charge is -2.21. The predicted molar refractivity (Wildman–Crippen MR) is 118 cm³/mol. The number of aliphatic hydroxyl groups is 1. The summed E-state index contributed by atoms with van der Waals surface area (Å²) in [6.07, 6.45) is -2.10. The maximum absolute atomic E-state index is 13.8. The number of benzene rings is 3. The van der Waals surface area contributed by atoms with Crippen LogP contribution in [0, 0.1) is 0 Å². The first-order valence-corrected chi connectivity index (χ1v) is 11.2. The van der Waals surface area contributed by atoms with Crippen LogP contribution in [0.4, 0.5) is 0 Å². The van der Waals surface area contributed by atoms with Crippen LogP contribution in [0.3, 0.4) is 0 Å². The zero-order chi connectivity index (χ0) is 22.0. The van der Waals surface area contributed by atoms with E-state index in [9.17, 15) is 13.5 Å². The number of nitrogens with zero attached hydrogens (tertiary/aromatic N) is 1. The van der Waals surface area contributed by atoms with Gasteiger partial charge in [0.25, 0.3) is 10.0 Å². The van der Waals surface area contributed by atoms with Crippen LogP contribution in [0.1, 0.15) is 29.2 Å². The smallest absolute Gasteiger partial charge is 0.268 e. The molecule has 31 heavy (non-hydrogen) atoms. The van der Waals surface area contributed by atoms with Gasteiger partial charge in [0.2, 0.25) is 0 Å². The van der Waals surface area contributed by atoms with Crippen molar-refractivity contribution in [3.05, 3.63) is 102 Å². The Kier molecular flexibility index (Phi) is 5.93. The van der Waals surface area contributed by atoms with Crippen LogP contribution in [-0.4, -0.2) is 31.7 Å². The summed E-state index contributed by atoms with van der Waals surface area (Å²) in [5.74, 6) is 0. The molecule has 160 valence electrons. The summed E-state index contributed by atoms with van der Waals surface area (Å²) >= 11 is 0. The molecule has 1 N–H and O–H groups in total. The van der Waals surface area contributed by atoms with E-state index in [0.29, 0.717) is 22.0 Å². The molecule has 4 rings (SSSR count). The molecule has 0 saturated heterocycles. The second-order valence-electron chi connectivity index (χ2n) is 7.02. The number of rotatable bonds is 7. The highest BCUT2D eigenvalue weighted by molar-refractivity contribution is 7.90. The van der Waals surface area contributed by atoms with Crippen LogP contribution in [0.25, 0.3) is 10.9 Å². The lowest BCUT2D eigenvalue weighted by atomic mass is 10.0. The summed E-state index contributed by atoms with van der Waals surface area (Å²) in [5, 5.41) is 12.0. The topological polar surface area (TPSA) is 77.8 Å². The Morgan fingerprint density at radius 1 is 0.806 bits per heavy atom. The number of para-hydroxylation sites is 1. The fraction of sp³-hybridized carbons (Fsp3) is 0.167. The lowest BCUT2D eigenvalue weighted by Crippen LogP contribution is -2.20. The molecule has 1 aromatic heterocycles. The summed E-state index contributed by atoms with van der Waals surface area (Å²) in [4.78, 5) is 0.121. The standard InChI is InChI=1S/C24H23NO5S/c1-29-24(30-2)21-19-15-9-10-16-20(19)25(31(27,28)18-13-7-4-8-14-18)22(21)23(26)17-11-5-3-6-12-17/h3-16,23-24,26H,1-2H3. The normalized spacial score (nSPS) is 13.0. The number of aromatic nitrogens is 1. The summed E-state index contributed by atoms with van der Waals surface area (Å²) in [6, 6.07) is 24.2. The van der Waals surface area contributed by atoms with Crippen molar-refractivity contribution >= 4 is 20.9 Å². The minimum absolute atomic E-state index is 0.121. The maximum Gasteiger partial charge on any atom is 0.268 e. The van der Waals surface area contributed by atoms with Crippen molar-refractivity contribution in [1.82, 2.24) is 3.97 Å². The zero-order valence-corrected chi connectivity index (χ0v) is 18.0. The summed E-state index contributed by atoms with van der Waals surface area (Å²) < 4.78 is 39.8. The number of ether oxygens (including phenoxy) is 2. The van der Waals surface area contributed by atoms with Crippen molar-refractivity contribution in [2.24, 2.45) is 0 Å². The summed E-state index contributed by atoms with van der Waals surface area (Å²) in [7, 11) is -1.08. The average Bonchev–Trinajstić information content (AvgIpc) is 3.16. The fourth-order valence-corrected chi connectivity index (χ4v) is 5.43. The van der Waals surface area contributed by atoms with Gasteiger partial charge in [0.05, 0.1) is 16.1 Å². The van der Waals surface area contributed by atoms with E-state index in [1.54, 1.807) is 60.7 Å². The predicted octanol–water partition coefficient (Wildman–Crippen LogP) is 4.25. The van der Waals surface area contributed by atoms with Gasteiger partial charge in [-0.2, -0.15) is 0 Å². The molecule has 1 unspecified atom stereocenters. The number of hydrogen-bond acceptors (Lipinski definition) is 5. The molecule has 3 aromatic carbocycles. The molecule has 0 spiro atoms. The van der Waals surface area contributed by atoms with Crippen molar-refractivity contribution in [2.45, 2.75) is 17.3 Å². The van der Waals surface area contributed by atoms with Crippen molar-refractivity contribution < 1.29 is 23.0 Å². The van der Waals surface area contributed by atoms with Gasteiger partial charge in [0, 0.05) is 25.2 Å². The number of aliphatic hydroxyl groups excluding tert-OH is 1. The molecule has 0 bridgehead atoms. The molecule has 0 aliphatic rings. The minimum Gasteiger partial charge on any atom is -0.382 e. The number of hydrogen-bond donors (Lipinski definition) is 1. The van der Waals surface area contributed by atoms with Crippen molar-refractivity contribution in [1.29, 1.82) is 0 Å². The Hall–Kier alpha value is -2.97. The number of methoxy groups -OCH3 is 2. The molecule has 0 aliphatic heterocycles. The van der Waals surface area contributed by atoms with E-state index in [1.807, 2.05) is 12.1 Å². The van der Waals surface area contributed by atoms with Crippen molar-refractivity contribution in [3.63, 3.8) is 0 Å². The highest BCUT2D eigenvalue weighted by atomic mass is 32.2. The Morgan fingerprint density at radius 3 is 1.97 bits per heavy atom. The molecular weight excluding hydrogens is 414 g/mol. The van der Waals surface area contributed by atoms with Gasteiger partial charge in [-0.15, -0.1) is 0 Å². The largest absolute Gasteiger partial charge is 0.382 e. The van der Waals surface area contributed by atoms with Crippen LogP contribution < -0.4 is 0 Å². The molecule has 7 heteroatoms. The molecule has 1 atom stereocenters. The summed E-state index contributed by atoms with van der Waals surface area (Å²) in [6.45, 7) is 0. The molecule has 0 radical (unpaired) electrons. The second kappa shape index (κ2) is 8.64. The first-order valence-electron chi connectivity index (χ1n) is 9.73. The Balaban J connectivity index is 2.12. The van der Waals surface area contributed by atoms with Gasteiger partial charge in [0.1, 0.15) is 6.10 Å². The molecule has 0 amide bonds. The van der Waals surface area contributed by atoms with Crippen LogP contribution in [0.2, 0.25) is 0 Å². The van der Waals surface area contributed by atoms with Gasteiger partial charge in [-0.05, 0) is 23.8 Å². The maximum atomic E-state index is 13.8. The number of fused-ring (bicyclic) bond motifs is 1. The van der Waals surface area contributed by atoms with Crippen LogP contribution in [-0.2, 0) is 19.5 Å². The lowest BCUT2D eigenvalue weighted by molar-refractivity contribution is -0.106. The van der Waals surface area contributed by atoms with Gasteiger partial charge in [-0.3, -0.25) is 0 Å². The molecule has 0 fully saturated rings. The fourth-order valence-electron chi connectivity index (χ4n) is 3.84. The third-order valence-corrected chi connectivity index (χ3v) is 6.97. The van der Waals surface area contributed by atoms with Crippen molar-refractivity contribution in [2.75, 3.05) is 14.2 Å². The first kappa shape index (κ1) is 21.3. The van der Waals surface area contributed by atoms with Gasteiger partial charge in [0.15, 0.2) is 6.29 Å². The second-order valence-corrected chi connectivity index (χ2v) is 8.80. The monoisotopic (exact) mass is 437 g/mol. The highest BCUT2D eigenvalue weighted by Gasteiger charge is 2.34. The minimum atomic E-state index is -4.03. The Labute approximate surface area is 181 Å². The van der Waals surface area contributed by atoms with E-state index in [4.69, 9.17) is 9.47 Å². The first-order chi connectivity index (χ1) is 15.0. The van der Waals surface area contributed by atoms with Crippen LogP contribution >= 0.6 is 0 Å². The van der Waals surface area contributed by atoms with Gasteiger partial charge < -0.3 is 14.6 Å². The average molecular weight is 438 g/mol. The Morgan fingerprint density at radius 2 is 1.35 bits per heavy atom. The van der Waals surface area contributed by atoms with E-state index in [2.05, 4.69) is 0 Å². The van der Waals surface area contributed by atoms with Crippen molar-refractivity contribution in [3.8, 4) is 0 Å². The Bertz CT molecular complexity index is 1280. The van der Waals surface area contributed by atoms with Gasteiger partial charge >= 0.3 is 0 Å². The van der Waals surface area contributed by atoms with Gasteiger partial charge in [-0.1, -0.05) is 66.7 Å². The van der Waals surface area contributed by atoms with E-state index >= 15 is 0 Å². The van der Waals surface area contributed by atoms with E-state index in [1.165, 1.54) is 30.3 Å². The van der Waals surface area contributed by atoms with Gasteiger partial charge in [-0.25, -0.2) is 12.4 Å². The highest BCUT2D eigenvalue weighted by Crippen LogP contribution is 2.40.